The van der Waals surface area contributed by atoms with Gasteiger partial charge in [0.15, 0.2) is 11.4 Å². The van der Waals surface area contributed by atoms with Gasteiger partial charge in [0.05, 0.1) is 19.3 Å². The maximum Gasteiger partial charge on any atom is 0.231 e. The number of ether oxygens (including phenoxy) is 1. The standard InChI is InChI=1S/C28H40N2O3/c1-3-5-18-32-26-21-30(17-16-22(26)4-2)20-25-19-29-27(33-25)28(31,23-12-8-6-9-13-23)24-14-10-7-11-15-24/h3,5-6,8-9,12-13,19,22,24,26,31H,4,7,10-11,14-18,20-21H2,1-2H3/p+1/b5-3+/t22?,26?,28-/m0/s1. The predicted octanol–water partition coefficient (Wildman–Crippen LogP) is 4.27. The van der Waals surface area contributed by atoms with Crippen molar-refractivity contribution in [1.82, 2.24) is 4.98 Å². The lowest BCUT2D eigenvalue weighted by Crippen LogP contribution is -3.13. The first-order valence-electron chi connectivity index (χ1n) is 12.9. The monoisotopic (exact) mass is 453 g/mol. The molecular weight excluding hydrogens is 412 g/mol. The molecule has 0 bridgehead atoms. The van der Waals surface area contributed by atoms with Gasteiger partial charge in [-0.05, 0) is 31.2 Å². The van der Waals surface area contributed by atoms with Crippen LogP contribution in [-0.2, 0) is 16.9 Å². The van der Waals surface area contributed by atoms with Crippen molar-refractivity contribution < 1.29 is 19.2 Å². The molecule has 1 aliphatic carbocycles. The largest absolute Gasteiger partial charge is 0.436 e. The van der Waals surface area contributed by atoms with Gasteiger partial charge in [-0.3, -0.25) is 0 Å². The van der Waals surface area contributed by atoms with Gasteiger partial charge in [0, 0.05) is 12.3 Å². The number of aliphatic hydroxyl groups is 1. The Morgan fingerprint density at radius 2 is 1.97 bits per heavy atom. The van der Waals surface area contributed by atoms with Crippen molar-refractivity contribution in [1.29, 1.82) is 0 Å². The summed E-state index contributed by atoms with van der Waals surface area (Å²) in [5.74, 6) is 2.07. The lowest BCUT2D eigenvalue weighted by atomic mass is 9.73. The summed E-state index contributed by atoms with van der Waals surface area (Å²) in [6.07, 6.45) is 14.1. The predicted molar refractivity (Wildman–Crippen MR) is 130 cm³/mol. The third-order valence-corrected chi connectivity index (χ3v) is 7.76. The van der Waals surface area contributed by atoms with Gasteiger partial charge < -0.3 is 19.2 Å². The zero-order valence-corrected chi connectivity index (χ0v) is 20.3. The molecule has 180 valence electrons. The van der Waals surface area contributed by atoms with Crippen molar-refractivity contribution in [2.75, 3.05) is 19.7 Å². The number of likely N-dealkylation sites (tertiary alicyclic amines) is 1. The highest BCUT2D eigenvalue weighted by atomic mass is 16.5. The quantitative estimate of drug-likeness (QED) is 0.557. The van der Waals surface area contributed by atoms with Crippen molar-refractivity contribution in [3.8, 4) is 0 Å². The molecule has 0 spiro atoms. The van der Waals surface area contributed by atoms with Crippen LogP contribution in [0.15, 0.2) is 53.1 Å². The Morgan fingerprint density at radius 1 is 1.18 bits per heavy atom. The SMILES string of the molecule is C/C=C/COC1C[NH+](Cc2cnc([C@](O)(c3ccccc3)C3CCCCC3)o2)CCC1CC. The second-order valence-corrected chi connectivity index (χ2v) is 9.88. The number of rotatable bonds is 9. The smallest absolute Gasteiger partial charge is 0.231 e. The first-order chi connectivity index (χ1) is 16.1. The Hall–Kier alpha value is -1.95. The average Bonchev–Trinajstić information content (AvgIpc) is 3.34. The highest BCUT2D eigenvalue weighted by Crippen LogP contribution is 2.43. The summed E-state index contributed by atoms with van der Waals surface area (Å²) in [6.45, 7) is 7.86. The van der Waals surface area contributed by atoms with Crippen LogP contribution in [0.4, 0.5) is 0 Å². The van der Waals surface area contributed by atoms with Crippen LogP contribution in [0.3, 0.4) is 0 Å². The number of hydrogen-bond acceptors (Lipinski definition) is 4. The number of nitrogens with one attached hydrogen (secondary N) is 1. The van der Waals surface area contributed by atoms with Crippen LogP contribution in [0.5, 0.6) is 0 Å². The molecule has 2 heterocycles. The number of piperidine rings is 1. The zero-order valence-electron chi connectivity index (χ0n) is 20.3. The van der Waals surface area contributed by atoms with Crippen molar-refractivity contribution in [2.24, 2.45) is 11.8 Å². The number of benzene rings is 1. The number of hydrogen-bond donors (Lipinski definition) is 2. The van der Waals surface area contributed by atoms with Crippen LogP contribution in [-0.4, -0.2) is 35.9 Å². The fraction of sp³-hybridized carbons (Fsp3) is 0.607. The molecule has 5 nitrogen and oxygen atoms in total. The van der Waals surface area contributed by atoms with Crippen LogP contribution in [0, 0.1) is 11.8 Å². The summed E-state index contributed by atoms with van der Waals surface area (Å²) in [6, 6.07) is 9.98. The van der Waals surface area contributed by atoms with E-state index in [1.807, 2.05) is 49.5 Å². The lowest BCUT2D eigenvalue weighted by molar-refractivity contribution is -0.924. The minimum atomic E-state index is -1.16. The molecule has 2 aromatic rings. The number of nitrogens with zero attached hydrogens (tertiary/aromatic N) is 1. The van der Waals surface area contributed by atoms with E-state index in [0.29, 0.717) is 18.4 Å². The summed E-state index contributed by atoms with van der Waals surface area (Å²) in [4.78, 5) is 6.11. The van der Waals surface area contributed by atoms with E-state index in [9.17, 15) is 5.11 Å². The average molecular weight is 454 g/mol. The molecule has 4 atom stereocenters. The van der Waals surface area contributed by atoms with Crippen LogP contribution >= 0.6 is 0 Å². The normalized spacial score (nSPS) is 26.5. The number of quaternary nitrogens is 1. The molecular formula is C28H41N2O3+. The van der Waals surface area contributed by atoms with Gasteiger partial charge in [0.25, 0.3) is 0 Å². The van der Waals surface area contributed by atoms with Gasteiger partial charge in [-0.15, -0.1) is 0 Å². The molecule has 2 N–H and O–H groups in total. The van der Waals surface area contributed by atoms with E-state index in [2.05, 4.69) is 18.0 Å². The third kappa shape index (κ3) is 5.59. The first kappa shape index (κ1) is 24.2. The minimum Gasteiger partial charge on any atom is -0.436 e. The highest BCUT2D eigenvalue weighted by molar-refractivity contribution is 5.30. The molecule has 1 aromatic carbocycles. The highest BCUT2D eigenvalue weighted by Gasteiger charge is 2.45. The number of aromatic nitrogens is 1. The number of allylic oxidation sites excluding steroid dienone is 1. The van der Waals surface area contributed by atoms with Crippen LogP contribution in [0.1, 0.15) is 76.0 Å². The van der Waals surface area contributed by atoms with E-state index in [0.717, 1.165) is 63.1 Å². The molecule has 0 amide bonds. The summed E-state index contributed by atoms with van der Waals surface area (Å²) < 4.78 is 12.5. The van der Waals surface area contributed by atoms with Gasteiger partial charge in [-0.1, -0.05) is 75.1 Å². The summed E-state index contributed by atoms with van der Waals surface area (Å²) in [5.41, 5.74) is -0.276. The topological polar surface area (TPSA) is 59.9 Å². The molecule has 1 saturated carbocycles. The fourth-order valence-electron chi connectivity index (χ4n) is 5.78. The molecule has 3 unspecified atom stereocenters. The molecule has 33 heavy (non-hydrogen) atoms. The van der Waals surface area contributed by atoms with E-state index in [4.69, 9.17) is 9.15 Å². The first-order valence-corrected chi connectivity index (χ1v) is 12.9. The van der Waals surface area contributed by atoms with Crippen molar-refractivity contribution >= 4 is 0 Å². The Kier molecular flexibility index (Phi) is 8.39. The van der Waals surface area contributed by atoms with Gasteiger partial charge >= 0.3 is 0 Å². The van der Waals surface area contributed by atoms with Gasteiger partial charge in [-0.2, -0.15) is 0 Å². The summed E-state index contributed by atoms with van der Waals surface area (Å²) in [7, 11) is 0. The van der Waals surface area contributed by atoms with Crippen LogP contribution in [0.2, 0.25) is 0 Å². The molecule has 2 fully saturated rings. The molecule has 1 aliphatic heterocycles. The van der Waals surface area contributed by atoms with E-state index in [1.54, 1.807) is 0 Å². The molecule has 1 saturated heterocycles. The van der Waals surface area contributed by atoms with Crippen molar-refractivity contribution in [3.63, 3.8) is 0 Å². The molecule has 5 heteroatoms. The third-order valence-electron chi connectivity index (χ3n) is 7.76. The Bertz CT molecular complexity index is 874. The summed E-state index contributed by atoms with van der Waals surface area (Å²) in [5, 5.41) is 12.0. The zero-order chi connectivity index (χ0) is 23.1. The maximum absolute atomic E-state index is 12.0. The van der Waals surface area contributed by atoms with E-state index >= 15 is 0 Å². The van der Waals surface area contributed by atoms with Gasteiger partial charge in [-0.25, -0.2) is 4.98 Å². The van der Waals surface area contributed by atoms with Crippen molar-refractivity contribution in [2.45, 2.75) is 77.0 Å². The molecule has 0 radical (unpaired) electrons. The molecule has 4 rings (SSSR count). The lowest BCUT2D eigenvalue weighted by Gasteiger charge is -2.36. The Balaban J connectivity index is 1.49. The van der Waals surface area contributed by atoms with Gasteiger partial charge in [0.1, 0.15) is 19.2 Å². The Morgan fingerprint density at radius 3 is 2.70 bits per heavy atom. The second-order valence-electron chi connectivity index (χ2n) is 9.88. The molecule has 2 aliphatic rings. The van der Waals surface area contributed by atoms with E-state index in [-0.39, 0.29) is 12.0 Å². The second kappa shape index (κ2) is 11.5. The van der Waals surface area contributed by atoms with Gasteiger partial charge in [0.2, 0.25) is 5.89 Å². The molecule has 1 aromatic heterocycles. The minimum absolute atomic E-state index is 0.136. The number of oxazole rings is 1. The maximum atomic E-state index is 12.0. The van der Waals surface area contributed by atoms with E-state index < -0.39 is 5.60 Å². The Labute approximate surface area is 198 Å². The summed E-state index contributed by atoms with van der Waals surface area (Å²) >= 11 is 0. The van der Waals surface area contributed by atoms with Crippen LogP contribution < -0.4 is 4.90 Å². The van der Waals surface area contributed by atoms with E-state index in [1.165, 1.54) is 17.7 Å². The fourth-order valence-corrected chi connectivity index (χ4v) is 5.78. The van der Waals surface area contributed by atoms with Crippen molar-refractivity contribution in [3.05, 3.63) is 65.9 Å². The van der Waals surface area contributed by atoms with Crippen LogP contribution in [0.25, 0.3) is 0 Å².